The van der Waals surface area contributed by atoms with Gasteiger partial charge in [0.15, 0.2) is 0 Å². The summed E-state index contributed by atoms with van der Waals surface area (Å²) in [6.45, 7) is 3.57. The Morgan fingerprint density at radius 1 is 1.19 bits per heavy atom. The largest absolute Gasteiger partial charge is 0.399 e. The van der Waals surface area contributed by atoms with Crippen LogP contribution in [0.15, 0.2) is 42.5 Å². The molecule has 110 valence electrons. The fourth-order valence-corrected chi connectivity index (χ4v) is 2.17. The molecule has 1 amide bonds. The highest BCUT2D eigenvalue weighted by Crippen LogP contribution is 2.27. The molecule has 21 heavy (non-hydrogen) atoms. The zero-order chi connectivity index (χ0) is 15.6. The zero-order valence-corrected chi connectivity index (χ0v) is 12.5. The molecule has 0 heterocycles. The van der Waals surface area contributed by atoms with E-state index in [1.165, 1.54) is 18.2 Å². The average Bonchev–Trinajstić information content (AvgIpc) is 2.37. The van der Waals surface area contributed by atoms with E-state index in [1.54, 1.807) is 38.1 Å². The molecule has 2 aromatic rings. The van der Waals surface area contributed by atoms with Gasteiger partial charge in [0, 0.05) is 16.4 Å². The lowest BCUT2D eigenvalue weighted by Gasteiger charge is -2.24. The number of nitrogens with one attached hydrogen (secondary N) is 1. The number of amides is 1. The van der Waals surface area contributed by atoms with E-state index in [0.717, 1.165) is 5.56 Å². The van der Waals surface area contributed by atoms with Gasteiger partial charge in [0.1, 0.15) is 5.82 Å². The van der Waals surface area contributed by atoms with Crippen LogP contribution in [0.5, 0.6) is 0 Å². The van der Waals surface area contributed by atoms with E-state index in [-0.39, 0.29) is 10.9 Å². The van der Waals surface area contributed by atoms with Crippen LogP contribution in [0.2, 0.25) is 5.02 Å². The SMILES string of the molecule is CC(C)(C(=O)Nc1cc(F)cc(Cl)c1)c1ccc(N)cc1. The monoisotopic (exact) mass is 306 g/mol. The molecule has 0 radical (unpaired) electrons. The van der Waals surface area contributed by atoms with Gasteiger partial charge in [-0.25, -0.2) is 4.39 Å². The third-order valence-electron chi connectivity index (χ3n) is 3.32. The van der Waals surface area contributed by atoms with Crippen molar-refractivity contribution in [1.82, 2.24) is 0 Å². The molecule has 0 bridgehead atoms. The summed E-state index contributed by atoms with van der Waals surface area (Å²) >= 11 is 5.78. The Morgan fingerprint density at radius 2 is 1.81 bits per heavy atom. The number of nitrogen functional groups attached to an aromatic ring is 1. The third-order valence-corrected chi connectivity index (χ3v) is 3.54. The average molecular weight is 307 g/mol. The van der Waals surface area contributed by atoms with Crippen LogP contribution in [0.1, 0.15) is 19.4 Å². The highest BCUT2D eigenvalue weighted by Gasteiger charge is 2.29. The van der Waals surface area contributed by atoms with E-state index >= 15 is 0 Å². The summed E-state index contributed by atoms with van der Waals surface area (Å²) in [6, 6.07) is 11.0. The molecular formula is C16H16ClFN2O. The maximum absolute atomic E-state index is 13.3. The zero-order valence-electron chi connectivity index (χ0n) is 11.8. The Morgan fingerprint density at radius 3 is 2.38 bits per heavy atom. The molecule has 0 saturated heterocycles. The number of hydrogen-bond donors (Lipinski definition) is 2. The first kappa shape index (κ1) is 15.3. The Hall–Kier alpha value is -2.07. The second-order valence-electron chi connectivity index (χ2n) is 5.36. The van der Waals surface area contributed by atoms with Crippen LogP contribution in [0.25, 0.3) is 0 Å². The van der Waals surface area contributed by atoms with Gasteiger partial charge in [-0.3, -0.25) is 4.79 Å². The molecule has 0 unspecified atom stereocenters. The van der Waals surface area contributed by atoms with Crippen molar-refractivity contribution in [3.63, 3.8) is 0 Å². The van der Waals surface area contributed by atoms with E-state index in [1.807, 2.05) is 0 Å². The normalized spacial score (nSPS) is 11.2. The lowest BCUT2D eigenvalue weighted by molar-refractivity contribution is -0.120. The second kappa shape index (κ2) is 5.74. The van der Waals surface area contributed by atoms with E-state index in [9.17, 15) is 9.18 Å². The maximum Gasteiger partial charge on any atom is 0.234 e. The van der Waals surface area contributed by atoms with Gasteiger partial charge >= 0.3 is 0 Å². The van der Waals surface area contributed by atoms with Crippen molar-refractivity contribution in [1.29, 1.82) is 0 Å². The number of carbonyl (C=O) groups is 1. The molecule has 3 N–H and O–H groups in total. The fraction of sp³-hybridized carbons (Fsp3) is 0.188. The van der Waals surface area contributed by atoms with Crippen molar-refractivity contribution in [2.24, 2.45) is 0 Å². The molecule has 0 aromatic heterocycles. The first-order chi connectivity index (χ1) is 9.79. The number of benzene rings is 2. The van der Waals surface area contributed by atoms with Crippen molar-refractivity contribution < 1.29 is 9.18 Å². The molecule has 0 aliphatic rings. The number of hydrogen-bond acceptors (Lipinski definition) is 2. The number of halogens is 2. The summed E-state index contributed by atoms with van der Waals surface area (Å²) in [5, 5.41) is 2.91. The minimum absolute atomic E-state index is 0.232. The molecule has 2 rings (SSSR count). The Labute approximate surface area is 127 Å². The van der Waals surface area contributed by atoms with Gasteiger partial charge in [0.05, 0.1) is 5.41 Å². The van der Waals surface area contributed by atoms with Crippen LogP contribution in [0.4, 0.5) is 15.8 Å². The number of carbonyl (C=O) groups excluding carboxylic acids is 1. The molecule has 0 fully saturated rings. The summed E-state index contributed by atoms with van der Waals surface area (Å²) in [5.74, 6) is -0.753. The fourth-order valence-electron chi connectivity index (χ4n) is 1.94. The molecule has 2 aromatic carbocycles. The van der Waals surface area contributed by atoms with Crippen LogP contribution in [-0.2, 0) is 10.2 Å². The van der Waals surface area contributed by atoms with E-state index in [2.05, 4.69) is 5.32 Å². The molecule has 0 spiro atoms. The van der Waals surface area contributed by atoms with Crippen LogP contribution in [0.3, 0.4) is 0 Å². The second-order valence-corrected chi connectivity index (χ2v) is 5.80. The van der Waals surface area contributed by atoms with Crippen molar-refractivity contribution in [2.75, 3.05) is 11.1 Å². The van der Waals surface area contributed by atoms with Crippen molar-refractivity contribution >= 4 is 28.9 Å². The number of anilines is 2. The molecule has 3 nitrogen and oxygen atoms in total. The lowest BCUT2D eigenvalue weighted by Crippen LogP contribution is -2.34. The summed E-state index contributed by atoms with van der Waals surface area (Å²) in [7, 11) is 0. The van der Waals surface area contributed by atoms with Gasteiger partial charge in [-0.1, -0.05) is 23.7 Å². The van der Waals surface area contributed by atoms with Crippen LogP contribution < -0.4 is 11.1 Å². The number of nitrogens with two attached hydrogens (primary N) is 1. The number of rotatable bonds is 3. The van der Waals surface area contributed by atoms with Gasteiger partial charge in [0.2, 0.25) is 5.91 Å². The van der Waals surface area contributed by atoms with Crippen LogP contribution in [-0.4, -0.2) is 5.91 Å². The highest BCUT2D eigenvalue weighted by atomic mass is 35.5. The topological polar surface area (TPSA) is 55.1 Å². The third kappa shape index (κ3) is 3.52. The molecule has 0 aliphatic carbocycles. The van der Waals surface area contributed by atoms with Gasteiger partial charge in [-0.15, -0.1) is 0 Å². The van der Waals surface area contributed by atoms with Crippen molar-refractivity contribution in [3.05, 3.63) is 58.9 Å². The predicted molar refractivity (Wildman–Crippen MR) is 83.9 cm³/mol. The quantitative estimate of drug-likeness (QED) is 0.843. The minimum atomic E-state index is -0.785. The standard InChI is InChI=1S/C16H16ClFN2O/c1-16(2,10-3-5-13(19)6-4-10)15(21)20-14-8-11(17)7-12(18)9-14/h3-9H,19H2,1-2H3,(H,20,21). The lowest BCUT2D eigenvalue weighted by atomic mass is 9.83. The molecule has 5 heteroatoms. The van der Waals surface area contributed by atoms with E-state index in [4.69, 9.17) is 17.3 Å². The Balaban J connectivity index is 2.23. The Bertz CT molecular complexity index is 648. The van der Waals surface area contributed by atoms with Crippen LogP contribution in [0, 0.1) is 5.82 Å². The van der Waals surface area contributed by atoms with Gasteiger partial charge in [-0.2, -0.15) is 0 Å². The summed E-state index contributed by atoms with van der Waals surface area (Å²) in [4.78, 5) is 12.4. The summed E-state index contributed by atoms with van der Waals surface area (Å²) in [6.07, 6.45) is 0. The maximum atomic E-state index is 13.3. The Kier molecular flexibility index (Phi) is 4.19. The summed E-state index contributed by atoms with van der Waals surface area (Å²) < 4.78 is 13.3. The van der Waals surface area contributed by atoms with Crippen molar-refractivity contribution in [3.8, 4) is 0 Å². The molecule has 0 saturated carbocycles. The first-order valence-corrected chi connectivity index (χ1v) is 6.80. The van der Waals surface area contributed by atoms with Gasteiger partial charge in [-0.05, 0) is 49.7 Å². The summed E-state index contributed by atoms with van der Waals surface area (Å²) in [5.41, 5.74) is 6.64. The molecule has 0 aliphatic heterocycles. The predicted octanol–water partition coefficient (Wildman–Crippen LogP) is 3.98. The van der Waals surface area contributed by atoms with Gasteiger partial charge < -0.3 is 11.1 Å². The van der Waals surface area contributed by atoms with Gasteiger partial charge in [0.25, 0.3) is 0 Å². The smallest absolute Gasteiger partial charge is 0.234 e. The van der Waals surface area contributed by atoms with Crippen molar-refractivity contribution in [2.45, 2.75) is 19.3 Å². The first-order valence-electron chi connectivity index (χ1n) is 6.42. The van der Waals surface area contributed by atoms with Crippen LogP contribution >= 0.6 is 11.6 Å². The minimum Gasteiger partial charge on any atom is -0.399 e. The van der Waals surface area contributed by atoms with E-state index < -0.39 is 11.2 Å². The molecular weight excluding hydrogens is 291 g/mol. The van der Waals surface area contributed by atoms with E-state index in [0.29, 0.717) is 11.4 Å². The highest BCUT2D eigenvalue weighted by molar-refractivity contribution is 6.30. The molecule has 0 atom stereocenters.